The molecular weight excluding hydrogens is 434 g/mol. The summed E-state index contributed by atoms with van der Waals surface area (Å²) < 4.78 is 38.2. The molecule has 2 aromatic carbocycles. The Morgan fingerprint density at radius 3 is 2.41 bits per heavy atom. The average Bonchev–Trinajstić information content (AvgIpc) is 3.50. The summed E-state index contributed by atoms with van der Waals surface area (Å²) in [5, 5.41) is 12.0. The molecule has 2 aromatic rings. The molecule has 0 spiro atoms. The summed E-state index contributed by atoms with van der Waals surface area (Å²) in [5.41, 5.74) is 1.08. The maximum absolute atomic E-state index is 12.9. The molecule has 2 saturated heterocycles. The number of methoxy groups -OCH3 is 2. The highest BCUT2D eigenvalue weighted by Gasteiger charge is 2.35. The summed E-state index contributed by atoms with van der Waals surface area (Å²) in [6, 6.07) is 9.61. The second-order valence-corrected chi connectivity index (χ2v) is 9.92. The molecule has 0 bridgehead atoms. The minimum Gasteiger partial charge on any atom is -0.497 e. The van der Waals surface area contributed by atoms with Crippen LogP contribution < -0.4 is 14.4 Å². The normalized spacial score (nSPS) is 19.3. The first-order chi connectivity index (χ1) is 15.4. The number of nitrogens with zero attached hydrogens (tertiary/aromatic N) is 3. The van der Waals surface area contributed by atoms with Crippen molar-refractivity contribution in [3.8, 4) is 11.5 Å². The van der Waals surface area contributed by atoms with E-state index in [9.17, 15) is 18.5 Å². The molecule has 9 nitrogen and oxygen atoms in total. The molecule has 10 heteroatoms. The van der Waals surface area contributed by atoms with Crippen LogP contribution >= 0.6 is 0 Å². The van der Waals surface area contributed by atoms with Gasteiger partial charge in [0.05, 0.1) is 30.1 Å². The van der Waals surface area contributed by atoms with E-state index >= 15 is 0 Å². The quantitative estimate of drug-likeness (QED) is 0.457. The highest BCUT2D eigenvalue weighted by Crippen LogP contribution is 2.44. The molecule has 0 amide bonds. The van der Waals surface area contributed by atoms with Crippen molar-refractivity contribution in [2.24, 2.45) is 0 Å². The second-order valence-electron chi connectivity index (χ2n) is 7.98. The molecule has 172 valence electrons. The molecule has 0 aliphatic carbocycles. The van der Waals surface area contributed by atoms with E-state index in [4.69, 9.17) is 9.47 Å². The molecule has 0 aromatic heterocycles. The van der Waals surface area contributed by atoms with E-state index in [1.165, 1.54) is 16.4 Å². The van der Waals surface area contributed by atoms with E-state index in [0.29, 0.717) is 36.8 Å². The van der Waals surface area contributed by atoms with Crippen LogP contribution in [0.5, 0.6) is 11.5 Å². The van der Waals surface area contributed by atoms with E-state index in [0.717, 1.165) is 31.2 Å². The third kappa shape index (κ3) is 4.00. The summed E-state index contributed by atoms with van der Waals surface area (Å²) >= 11 is 0. The first-order valence-electron chi connectivity index (χ1n) is 10.6. The van der Waals surface area contributed by atoms with Crippen LogP contribution in [0.4, 0.5) is 11.4 Å². The van der Waals surface area contributed by atoms with Crippen LogP contribution in [-0.2, 0) is 10.0 Å². The van der Waals surface area contributed by atoms with Crippen molar-refractivity contribution in [3.63, 3.8) is 0 Å². The van der Waals surface area contributed by atoms with Gasteiger partial charge in [0.25, 0.3) is 5.69 Å². The van der Waals surface area contributed by atoms with Gasteiger partial charge in [-0.15, -0.1) is 0 Å². The van der Waals surface area contributed by atoms with E-state index < -0.39 is 14.9 Å². The number of nitro benzene ring substituents is 1. The highest BCUT2D eigenvalue weighted by atomic mass is 32.2. The first kappa shape index (κ1) is 22.3. The summed E-state index contributed by atoms with van der Waals surface area (Å²) in [4.78, 5) is 13.4. The fraction of sp³-hybridized carbons (Fsp3) is 0.455. The molecule has 1 atom stereocenters. The van der Waals surface area contributed by atoms with Gasteiger partial charge in [0.1, 0.15) is 17.2 Å². The Labute approximate surface area is 187 Å². The Morgan fingerprint density at radius 2 is 1.75 bits per heavy atom. The number of sulfonamides is 1. The van der Waals surface area contributed by atoms with Crippen molar-refractivity contribution >= 4 is 21.4 Å². The highest BCUT2D eigenvalue weighted by molar-refractivity contribution is 7.89. The van der Waals surface area contributed by atoms with Crippen molar-refractivity contribution in [3.05, 3.63) is 52.1 Å². The SMILES string of the molecule is COc1ccc(OC)c(C2CCCN2c2ccc(S(=O)(=O)N3CCCC3)cc2[N+](=O)[O-])c1. The van der Waals surface area contributed by atoms with Crippen LogP contribution in [0.25, 0.3) is 0 Å². The van der Waals surface area contributed by atoms with Crippen LogP contribution in [-0.4, -0.2) is 51.5 Å². The van der Waals surface area contributed by atoms with Gasteiger partial charge in [-0.2, -0.15) is 4.31 Å². The molecule has 32 heavy (non-hydrogen) atoms. The van der Waals surface area contributed by atoms with Crippen LogP contribution in [0.1, 0.15) is 37.3 Å². The average molecular weight is 462 g/mol. The number of benzene rings is 2. The van der Waals surface area contributed by atoms with E-state index in [1.807, 2.05) is 23.1 Å². The maximum atomic E-state index is 12.9. The number of nitro groups is 1. The van der Waals surface area contributed by atoms with Crippen LogP contribution in [0.15, 0.2) is 41.3 Å². The zero-order chi connectivity index (χ0) is 22.9. The van der Waals surface area contributed by atoms with Crippen molar-refractivity contribution in [1.82, 2.24) is 4.31 Å². The van der Waals surface area contributed by atoms with E-state index in [-0.39, 0.29) is 16.6 Å². The van der Waals surface area contributed by atoms with Gasteiger partial charge < -0.3 is 14.4 Å². The van der Waals surface area contributed by atoms with Crippen molar-refractivity contribution in [2.45, 2.75) is 36.6 Å². The minimum absolute atomic E-state index is 0.0374. The van der Waals surface area contributed by atoms with Crippen molar-refractivity contribution in [1.29, 1.82) is 0 Å². The molecule has 2 heterocycles. The Hall–Kier alpha value is -2.85. The van der Waals surface area contributed by atoms with Crippen LogP contribution in [0.2, 0.25) is 0 Å². The fourth-order valence-electron chi connectivity index (χ4n) is 4.61. The Bertz CT molecular complexity index is 1110. The number of ether oxygens (including phenoxy) is 2. The van der Waals surface area contributed by atoms with Crippen LogP contribution in [0.3, 0.4) is 0 Å². The van der Waals surface area contributed by atoms with Gasteiger partial charge in [-0.3, -0.25) is 10.1 Å². The first-order valence-corrected chi connectivity index (χ1v) is 12.1. The minimum atomic E-state index is -3.75. The summed E-state index contributed by atoms with van der Waals surface area (Å²) in [7, 11) is -0.572. The summed E-state index contributed by atoms with van der Waals surface area (Å²) in [5.74, 6) is 1.35. The number of hydrogen-bond acceptors (Lipinski definition) is 7. The van der Waals surface area contributed by atoms with Gasteiger partial charge in [-0.25, -0.2) is 8.42 Å². The van der Waals surface area contributed by atoms with Gasteiger partial charge in [0.2, 0.25) is 10.0 Å². The lowest BCUT2D eigenvalue weighted by atomic mass is 10.0. The zero-order valence-corrected chi connectivity index (χ0v) is 19.0. The number of rotatable bonds is 7. The molecule has 0 N–H and O–H groups in total. The van der Waals surface area contributed by atoms with Crippen molar-refractivity contribution < 1.29 is 22.8 Å². The monoisotopic (exact) mass is 461 g/mol. The molecule has 1 unspecified atom stereocenters. The van der Waals surface area contributed by atoms with Gasteiger partial charge >= 0.3 is 0 Å². The molecule has 2 aliphatic heterocycles. The summed E-state index contributed by atoms with van der Waals surface area (Å²) in [6.45, 7) is 1.51. The Kier molecular flexibility index (Phi) is 6.25. The Morgan fingerprint density at radius 1 is 1.00 bits per heavy atom. The lowest BCUT2D eigenvalue weighted by molar-refractivity contribution is -0.384. The standard InChI is InChI=1S/C22H27N3O6S/c1-30-16-7-10-22(31-2)18(14-16)19-6-5-13-24(19)20-9-8-17(15-21(20)25(26)27)32(28,29)23-11-3-4-12-23/h7-10,14-15,19H,3-6,11-13H2,1-2H3. The lowest BCUT2D eigenvalue weighted by Gasteiger charge is -2.28. The number of anilines is 1. The third-order valence-corrected chi connectivity index (χ3v) is 8.10. The van der Waals surface area contributed by atoms with E-state index in [2.05, 4.69) is 0 Å². The molecule has 0 saturated carbocycles. The molecule has 4 rings (SSSR count). The number of hydrogen-bond donors (Lipinski definition) is 0. The Balaban J connectivity index is 1.75. The van der Waals surface area contributed by atoms with Gasteiger partial charge in [0.15, 0.2) is 0 Å². The predicted molar refractivity (Wildman–Crippen MR) is 120 cm³/mol. The zero-order valence-electron chi connectivity index (χ0n) is 18.2. The fourth-order valence-corrected chi connectivity index (χ4v) is 6.15. The van der Waals surface area contributed by atoms with Crippen LogP contribution in [0, 0.1) is 10.1 Å². The van der Waals surface area contributed by atoms with Gasteiger partial charge in [-0.05, 0) is 56.0 Å². The van der Waals surface area contributed by atoms with Gasteiger partial charge in [0, 0.05) is 31.3 Å². The summed E-state index contributed by atoms with van der Waals surface area (Å²) in [6.07, 6.45) is 3.24. The second kappa shape index (κ2) is 8.95. The largest absolute Gasteiger partial charge is 0.497 e. The molecule has 2 fully saturated rings. The maximum Gasteiger partial charge on any atom is 0.293 e. The molecular formula is C22H27N3O6S. The predicted octanol–water partition coefficient (Wildman–Crippen LogP) is 3.74. The topological polar surface area (TPSA) is 102 Å². The van der Waals surface area contributed by atoms with Gasteiger partial charge in [-0.1, -0.05) is 0 Å². The lowest BCUT2D eigenvalue weighted by Crippen LogP contribution is -2.28. The van der Waals surface area contributed by atoms with E-state index in [1.54, 1.807) is 20.3 Å². The third-order valence-electron chi connectivity index (χ3n) is 6.20. The molecule has 2 aliphatic rings. The van der Waals surface area contributed by atoms with Crippen molar-refractivity contribution in [2.75, 3.05) is 38.8 Å². The smallest absolute Gasteiger partial charge is 0.293 e. The molecule has 0 radical (unpaired) electrons.